The third-order valence-corrected chi connectivity index (χ3v) is 2.61. The molecule has 1 saturated heterocycles. The number of aryl methyl sites for hydroxylation is 1. The number of aromatic nitrogens is 2. The van der Waals surface area contributed by atoms with Crippen LogP contribution in [-0.2, 0) is 11.3 Å². The lowest BCUT2D eigenvalue weighted by Gasteiger charge is -2.23. The van der Waals surface area contributed by atoms with Gasteiger partial charge in [0.15, 0.2) is 5.78 Å². The Hall–Kier alpha value is -1.20. The minimum atomic E-state index is -0.0118. The topological polar surface area (TPSA) is 59.0 Å². The highest BCUT2D eigenvalue weighted by atomic mass is 16.1. The van der Waals surface area contributed by atoms with Gasteiger partial charge >= 0.3 is 0 Å². The van der Waals surface area contributed by atoms with Crippen molar-refractivity contribution in [2.75, 3.05) is 19.6 Å². The summed E-state index contributed by atoms with van der Waals surface area (Å²) in [6.07, 6.45) is 5.90. The van der Waals surface area contributed by atoms with Crippen LogP contribution in [0.1, 0.15) is 6.42 Å². The highest BCUT2D eigenvalue weighted by Gasteiger charge is 2.19. The Balaban J connectivity index is 1.76. The maximum atomic E-state index is 11.8. The van der Waals surface area contributed by atoms with E-state index in [1.165, 1.54) is 0 Å². The first-order chi connectivity index (χ1) is 7.36. The maximum Gasteiger partial charge on any atom is 0.152 e. The number of carbonyl (C=O) groups is 1. The summed E-state index contributed by atoms with van der Waals surface area (Å²) in [5.41, 5.74) is 0. The predicted molar refractivity (Wildman–Crippen MR) is 56.5 cm³/mol. The molecule has 2 N–H and O–H groups in total. The lowest BCUT2D eigenvalue weighted by molar-refractivity contribution is -0.121. The van der Waals surface area contributed by atoms with Crippen molar-refractivity contribution in [1.82, 2.24) is 20.2 Å². The van der Waals surface area contributed by atoms with Crippen molar-refractivity contribution in [3.63, 3.8) is 0 Å². The lowest BCUT2D eigenvalue weighted by atomic mass is 10.1. The third kappa shape index (κ3) is 2.87. The largest absolute Gasteiger partial charge is 0.337 e. The van der Waals surface area contributed by atoms with Gasteiger partial charge in [-0.3, -0.25) is 4.79 Å². The van der Waals surface area contributed by atoms with E-state index in [2.05, 4.69) is 15.6 Å². The summed E-state index contributed by atoms with van der Waals surface area (Å²) in [4.78, 5) is 15.7. The van der Waals surface area contributed by atoms with Crippen molar-refractivity contribution in [1.29, 1.82) is 0 Å². The molecule has 0 aliphatic carbocycles. The number of nitrogens with one attached hydrogen (secondary N) is 2. The molecule has 0 spiro atoms. The van der Waals surface area contributed by atoms with Crippen LogP contribution in [0, 0.1) is 0 Å². The molecule has 2 rings (SSSR count). The van der Waals surface area contributed by atoms with Gasteiger partial charge in [-0.15, -0.1) is 0 Å². The second-order valence-electron chi connectivity index (χ2n) is 3.73. The summed E-state index contributed by atoms with van der Waals surface area (Å²) in [6.45, 7) is 3.30. The SMILES string of the molecule is O=C(CCn1ccnc1)C1CNCCN1. The van der Waals surface area contributed by atoms with Crippen LogP contribution < -0.4 is 10.6 Å². The molecule has 1 aliphatic rings. The molecule has 0 radical (unpaired) electrons. The third-order valence-electron chi connectivity index (χ3n) is 2.61. The number of carbonyl (C=O) groups excluding carboxylic acids is 1. The number of piperazine rings is 1. The Morgan fingerprint density at radius 2 is 2.47 bits per heavy atom. The molecule has 1 fully saturated rings. The quantitative estimate of drug-likeness (QED) is 0.694. The van der Waals surface area contributed by atoms with Crippen LogP contribution in [0.5, 0.6) is 0 Å². The summed E-state index contributed by atoms with van der Waals surface area (Å²) in [5.74, 6) is 0.274. The Labute approximate surface area is 88.9 Å². The Morgan fingerprint density at radius 3 is 3.13 bits per heavy atom. The summed E-state index contributed by atoms with van der Waals surface area (Å²) in [7, 11) is 0. The van der Waals surface area contributed by atoms with Gasteiger partial charge in [0, 0.05) is 45.0 Å². The van der Waals surface area contributed by atoms with Crippen molar-refractivity contribution >= 4 is 5.78 Å². The summed E-state index contributed by atoms with van der Waals surface area (Å²) < 4.78 is 1.92. The zero-order valence-electron chi connectivity index (χ0n) is 8.65. The van der Waals surface area contributed by atoms with E-state index >= 15 is 0 Å². The summed E-state index contributed by atoms with van der Waals surface area (Å²) >= 11 is 0. The van der Waals surface area contributed by atoms with Gasteiger partial charge < -0.3 is 15.2 Å². The van der Waals surface area contributed by atoms with Gasteiger partial charge in [0.2, 0.25) is 0 Å². The first-order valence-electron chi connectivity index (χ1n) is 5.29. The molecule has 5 heteroatoms. The minimum Gasteiger partial charge on any atom is -0.337 e. The van der Waals surface area contributed by atoms with Crippen LogP contribution in [-0.4, -0.2) is 41.0 Å². The molecule has 5 nitrogen and oxygen atoms in total. The summed E-state index contributed by atoms with van der Waals surface area (Å²) in [5, 5.41) is 6.42. The van der Waals surface area contributed by atoms with Gasteiger partial charge in [-0.05, 0) is 0 Å². The molecule has 0 aromatic carbocycles. The molecule has 1 aliphatic heterocycles. The second-order valence-corrected chi connectivity index (χ2v) is 3.73. The van der Waals surface area contributed by atoms with Crippen LogP contribution in [0.25, 0.3) is 0 Å². The van der Waals surface area contributed by atoms with E-state index in [0.717, 1.165) is 26.2 Å². The normalized spacial score (nSPS) is 21.5. The van der Waals surface area contributed by atoms with Crippen molar-refractivity contribution in [3.8, 4) is 0 Å². The average molecular weight is 208 g/mol. The monoisotopic (exact) mass is 208 g/mol. The maximum absolute atomic E-state index is 11.8. The van der Waals surface area contributed by atoms with E-state index in [9.17, 15) is 4.79 Å². The molecule has 15 heavy (non-hydrogen) atoms. The second kappa shape index (κ2) is 5.04. The van der Waals surface area contributed by atoms with Gasteiger partial charge in [0.25, 0.3) is 0 Å². The van der Waals surface area contributed by atoms with Gasteiger partial charge in [-0.1, -0.05) is 0 Å². The molecule has 0 saturated carbocycles. The van der Waals surface area contributed by atoms with Crippen molar-refractivity contribution in [2.24, 2.45) is 0 Å². The first kappa shape index (κ1) is 10.3. The fraction of sp³-hybridized carbons (Fsp3) is 0.600. The Kier molecular flexibility index (Phi) is 3.47. The number of nitrogens with zero attached hydrogens (tertiary/aromatic N) is 2. The van der Waals surface area contributed by atoms with Crippen molar-refractivity contribution in [2.45, 2.75) is 19.0 Å². The number of rotatable bonds is 4. The molecule has 1 aromatic rings. The smallest absolute Gasteiger partial charge is 0.152 e. The van der Waals surface area contributed by atoms with Crippen LogP contribution in [0.3, 0.4) is 0 Å². The van der Waals surface area contributed by atoms with E-state index in [1.807, 2.05) is 10.8 Å². The van der Waals surface area contributed by atoms with Gasteiger partial charge in [0.05, 0.1) is 12.4 Å². The number of imidazole rings is 1. The fourth-order valence-electron chi connectivity index (χ4n) is 1.71. The molecule has 2 heterocycles. The van der Waals surface area contributed by atoms with Crippen LogP contribution in [0.2, 0.25) is 0 Å². The molecular weight excluding hydrogens is 192 g/mol. The lowest BCUT2D eigenvalue weighted by Crippen LogP contribution is -2.52. The van der Waals surface area contributed by atoms with Crippen LogP contribution in [0.4, 0.5) is 0 Å². The molecule has 1 atom stereocenters. The first-order valence-corrected chi connectivity index (χ1v) is 5.29. The van der Waals surface area contributed by atoms with Crippen LogP contribution >= 0.6 is 0 Å². The van der Waals surface area contributed by atoms with Crippen molar-refractivity contribution in [3.05, 3.63) is 18.7 Å². The predicted octanol–water partition coefficient (Wildman–Crippen LogP) is -0.596. The highest BCUT2D eigenvalue weighted by molar-refractivity contribution is 5.84. The number of Topliss-reactive ketones (excluding diaryl/α,β-unsaturated/α-hetero) is 1. The number of ketones is 1. The Bertz CT molecular complexity index is 303. The van der Waals surface area contributed by atoms with E-state index in [4.69, 9.17) is 0 Å². The molecule has 0 bridgehead atoms. The molecular formula is C10H16N4O. The van der Waals surface area contributed by atoms with Crippen molar-refractivity contribution < 1.29 is 4.79 Å². The summed E-state index contributed by atoms with van der Waals surface area (Å²) in [6, 6.07) is -0.0118. The fourth-order valence-corrected chi connectivity index (χ4v) is 1.71. The minimum absolute atomic E-state index is 0.0118. The molecule has 0 amide bonds. The number of hydrogen-bond acceptors (Lipinski definition) is 4. The molecule has 1 aromatic heterocycles. The van der Waals surface area contributed by atoms with Gasteiger partial charge in [-0.2, -0.15) is 0 Å². The van der Waals surface area contributed by atoms with Gasteiger partial charge in [-0.25, -0.2) is 4.98 Å². The van der Waals surface area contributed by atoms with E-state index in [1.54, 1.807) is 12.5 Å². The average Bonchev–Trinajstić information content (AvgIpc) is 2.80. The zero-order valence-corrected chi connectivity index (χ0v) is 8.65. The number of hydrogen-bond donors (Lipinski definition) is 2. The van der Waals surface area contributed by atoms with E-state index < -0.39 is 0 Å². The zero-order chi connectivity index (χ0) is 10.5. The van der Waals surface area contributed by atoms with Gasteiger partial charge in [0.1, 0.15) is 0 Å². The van der Waals surface area contributed by atoms with E-state index in [0.29, 0.717) is 6.42 Å². The highest BCUT2D eigenvalue weighted by Crippen LogP contribution is 1.97. The van der Waals surface area contributed by atoms with Crippen LogP contribution in [0.15, 0.2) is 18.7 Å². The molecule has 82 valence electrons. The standard InChI is InChI=1S/C10H16N4O/c15-10(9-7-11-2-3-13-9)1-5-14-6-4-12-8-14/h4,6,8-9,11,13H,1-3,5,7H2. The Morgan fingerprint density at radius 1 is 1.53 bits per heavy atom. The van der Waals surface area contributed by atoms with E-state index in [-0.39, 0.29) is 11.8 Å². The molecule has 1 unspecified atom stereocenters.